The van der Waals surface area contributed by atoms with Crippen LogP contribution in [-0.4, -0.2) is 43.3 Å². The first-order chi connectivity index (χ1) is 9.96. The second kappa shape index (κ2) is 8.62. The van der Waals surface area contributed by atoms with E-state index in [0.717, 1.165) is 31.2 Å². The molecule has 0 amide bonds. The molecular formula is C16H28N4O. The van der Waals surface area contributed by atoms with Gasteiger partial charge in [-0.3, -0.25) is 9.98 Å². The van der Waals surface area contributed by atoms with Crippen LogP contribution in [0.4, 0.5) is 0 Å². The lowest BCUT2D eigenvalue weighted by atomic mass is 10.1. The van der Waals surface area contributed by atoms with Gasteiger partial charge < -0.3 is 15.4 Å². The standard InChI is InChI=1S/C16H28N4O/c1-6-17-15(20-12-16(3,4)21-5)18-10-9-14-8-7-13(2)19-11-14/h7-8,11H,6,9-10,12H2,1-5H3,(H2,17,18,20). The van der Waals surface area contributed by atoms with Gasteiger partial charge >= 0.3 is 0 Å². The summed E-state index contributed by atoms with van der Waals surface area (Å²) in [5.41, 5.74) is 2.02. The molecule has 0 unspecified atom stereocenters. The number of aromatic nitrogens is 1. The van der Waals surface area contributed by atoms with E-state index >= 15 is 0 Å². The number of methoxy groups -OCH3 is 1. The second-order valence-electron chi connectivity index (χ2n) is 5.64. The average Bonchev–Trinajstić information content (AvgIpc) is 2.47. The SMILES string of the molecule is CCNC(=NCC(C)(C)OC)NCCc1ccc(C)nc1. The summed E-state index contributed by atoms with van der Waals surface area (Å²) in [6.07, 6.45) is 2.85. The molecule has 1 rings (SSSR count). The van der Waals surface area contributed by atoms with E-state index in [1.54, 1.807) is 7.11 Å². The number of ether oxygens (including phenoxy) is 1. The Labute approximate surface area is 128 Å². The fourth-order valence-electron chi connectivity index (χ4n) is 1.65. The zero-order valence-electron chi connectivity index (χ0n) is 13.9. The fraction of sp³-hybridized carbons (Fsp3) is 0.625. The molecule has 5 nitrogen and oxygen atoms in total. The Morgan fingerprint density at radius 3 is 2.67 bits per heavy atom. The molecule has 21 heavy (non-hydrogen) atoms. The number of aliphatic imine (C=N–C) groups is 1. The van der Waals surface area contributed by atoms with Crippen molar-refractivity contribution in [2.45, 2.75) is 39.7 Å². The topological polar surface area (TPSA) is 58.5 Å². The Morgan fingerprint density at radius 1 is 1.33 bits per heavy atom. The summed E-state index contributed by atoms with van der Waals surface area (Å²) in [5.74, 6) is 0.822. The quantitative estimate of drug-likeness (QED) is 0.595. The van der Waals surface area contributed by atoms with Gasteiger partial charge in [-0.2, -0.15) is 0 Å². The minimum atomic E-state index is -0.247. The fourth-order valence-corrected chi connectivity index (χ4v) is 1.65. The van der Waals surface area contributed by atoms with Crippen LogP contribution in [0.2, 0.25) is 0 Å². The van der Waals surface area contributed by atoms with Crippen molar-refractivity contribution < 1.29 is 4.74 Å². The molecular weight excluding hydrogens is 264 g/mol. The van der Waals surface area contributed by atoms with E-state index in [0.29, 0.717) is 6.54 Å². The third-order valence-corrected chi connectivity index (χ3v) is 3.19. The lowest BCUT2D eigenvalue weighted by Gasteiger charge is -2.21. The maximum Gasteiger partial charge on any atom is 0.191 e. The molecule has 0 atom stereocenters. The molecule has 0 aliphatic carbocycles. The molecule has 1 heterocycles. The Morgan fingerprint density at radius 2 is 2.10 bits per heavy atom. The van der Waals surface area contributed by atoms with Gasteiger partial charge in [0.1, 0.15) is 0 Å². The van der Waals surface area contributed by atoms with Gasteiger partial charge in [0.25, 0.3) is 0 Å². The van der Waals surface area contributed by atoms with Gasteiger partial charge in [-0.15, -0.1) is 0 Å². The van der Waals surface area contributed by atoms with E-state index in [1.165, 1.54) is 5.56 Å². The van der Waals surface area contributed by atoms with E-state index < -0.39 is 0 Å². The number of guanidine groups is 1. The molecule has 0 radical (unpaired) electrons. The molecule has 0 fully saturated rings. The first-order valence-electron chi connectivity index (χ1n) is 7.45. The maximum absolute atomic E-state index is 5.38. The Hall–Kier alpha value is -1.62. The predicted molar refractivity (Wildman–Crippen MR) is 87.7 cm³/mol. The Bertz CT molecular complexity index is 440. The number of nitrogens with zero attached hydrogens (tertiary/aromatic N) is 2. The van der Waals surface area contributed by atoms with Crippen molar-refractivity contribution in [3.05, 3.63) is 29.6 Å². The van der Waals surface area contributed by atoms with Gasteiger partial charge in [0.15, 0.2) is 5.96 Å². The first kappa shape index (κ1) is 17.4. The summed E-state index contributed by atoms with van der Waals surface area (Å²) >= 11 is 0. The number of nitrogens with one attached hydrogen (secondary N) is 2. The van der Waals surface area contributed by atoms with Gasteiger partial charge in [-0.25, -0.2) is 0 Å². The van der Waals surface area contributed by atoms with Gasteiger partial charge in [0.05, 0.1) is 12.1 Å². The summed E-state index contributed by atoms with van der Waals surface area (Å²) in [5, 5.41) is 6.58. The zero-order valence-corrected chi connectivity index (χ0v) is 13.9. The van der Waals surface area contributed by atoms with Crippen LogP contribution in [0.25, 0.3) is 0 Å². The van der Waals surface area contributed by atoms with Crippen molar-refractivity contribution in [1.82, 2.24) is 15.6 Å². The molecule has 0 aromatic carbocycles. The normalized spacial score (nSPS) is 12.3. The maximum atomic E-state index is 5.38. The number of rotatable bonds is 7. The van der Waals surface area contributed by atoms with Crippen LogP contribution < -0.4 is 10.6 Å². The Kier molecular flexibility index (Phi) is 7.15. The van der Waals surface area contributed by atoms with Crippen LogP contribution in [0.3, 0.4) is 0 Å². The summed E-state index contributed by atoms with van der Waals surface area (Å²) in [7, 11) is 1.71. The van der Waals surface area contributed by atoms with Gasteiger partial charge in [-0.1, -0.05) is 6.07 Å². The number of aryl methyl sites for hydroxylation is 1. The zero-order chi connectivity index (χ0) is 15.7. The minimum absolute atomic E-state index is 0.247. The molecule has 0 aliphatic heterocycles. The first-order valence-corrected chi connectivity index (χ1v) is 7.45. The predicted octanol–water partition coefficient (Wildman–Crippen LogP) is 1.91. The summed E-state index contributed by atoms with van der Waals surface area (Å²) < 4.78 is 5.38. The second-order valence-corrected chi connectivity index (χ2v) is 5.64. The highest BCUT2D eigenvalue weighted by Gasteiger charge is 2.15. The molecule has 2 N–H and O–H groups in total. The van der Waals surface area contributed by atoms with E-state index in [9.17, 15) is 0 Å². The molecule has 0 aliphatic rings. The lowest BCUT2D eigenvalue weighted by molar-refractivity contribution is 0.0310. The van der Waals surface area contributed by atoms with Gasteiger partial charge in [0, 0.05) is 32.1 Å². The van der Waals surface area contributed by atoms with Crippen LogP contribution in [0.5, 0.6) is 0 Å². The molecule has 1 aromatic heterocycles. The van der Waals surface area contributed by atoms with Crippen molar-refractivity contribution in [2.75, 3.05) is 26.7 Å². The molecule has 0 saturated carbocycles. The lowest BCUT2D eigenvalue weighted by Crippen LogP contribution is -2.40. The van der Waals surface area contributed by atoms with E-state index in [1.807, 2.05) is 33.0 Å². The molecule has 0 spiro atoms. The van der Waals surface area contributed by atoms with Crippen LogP contribution in [0, 0.1) is 6.92 Å². The van der Waals surface area contributed by atoms with Crippen molar-refractivity contribution in [2.24, 2.45) is 4.99 Å². The van der Waals surface area contributed by atoms with Crippen molar-refractivity contribution in [3.63, 3.8) is 0 Å². The summed E-state index contributed by atoms with van der Waals surface area (Å²) in [6, 6.07) is 4.15. The third-order valence-electron chi connectivity index (χ3n) is 3.19. The Balaban J connectivity index is 2.47. The summed E-state index contributed by atoms with van der Waals surface area (Å²) in [4.78, 5) is 8.86. The van der Waals surface area contributed by atoms with Crippen molar-refractivity contribution in [1.29, 1.82) is 0 Å². The highest BCUT2D eigenvalue weighted by molar-refractivity contribution is 5.79. The number of pyridine rings is 1. The molecule has 0 saturated heterocycles. The molecule has 1 aromatic rings. The van der Waals surface area contributed by atoms with Crippen LogP contribution in [-0.2, 0) is 11.2 Å². The van der Waals surface area contributed by atoms with E-state index in [4.69, 9.17) is 4.74 Å². The highest BCUT2D eigenvalue weighted by atomic mass is 16.5. The van der Waals surface area contributed by atoms with Crippen LogP contribution >= 0.6 is 0 Å². The van der Waals surface area contributed by atoms with Gasteiger partial charge in [0.2, 0.25) is 0 Å². The van der Waals surface area contributed by atoms with Crippen molar-refractivity contribution >= 4 is 5.96 Å². The highest BCUT2D eigenvalue weighted by Crippen LogP contribution is 2.07. The number of hydrogen-bond acceptors (Lipinski definition) is 3. The smallest absolute Gasteiger partial charge is 0.191 e. The molecule has 118 valence electrons. The van der Waals surface area contributed by atoms with Gasteiger partial charge in [-0.05, 0) is 45.7 Å². The third kappa shape index (κ3) is 7.09. The van der Waals surface area contributed by atoms with E-state index in [-0.39, 0.29) is 5.60 Å². The number of hydrogen-bond donors (Lipinski definition) is 2. The largest absolute Gasteiger partial charge is 0.377 e. The summed E-state index contributed by atoms with van der Waals surface area (Å²) in [6.45, 7) is 10.4. The van der Waals surface area contributed by atoms with Crippen LogP contribution in [0.1, 0.15) is 32.0 Å². The van der Waals surface area contributed by atoms with Crippen molar-refractivity contribution in [3.8, 4) is 0 Å². The molecule has 0 bridgehead atoms. The monoisotopic (exact) mass is 292 g/mol. The molecule has 5 heteroatoms. The average molecular weight is 292 g/mol. The van der Waals surface area contributed by atoms with E-state index in [2.05, 4.69) is 33.6 Å². The minimum Gasteiger partial charge on any atom is -0.377 e. The van der Waals surface area contributed by atoms with Crippen LogP contribution in [0.15, 0.2) is 23.3 Å².